The molecule has 0 aliphatic carbocycles. The first-order chi connectivity index (χ1) is 14.0. The van der Waals surface area contributed by atoms with Crippen LogP contribution in [0.25, 0.3) is 0 Å². The minimum absolute atomic E-state index is 0.0591. The Hall–Kier alpha value is -3.82. The second-order valence-electron chi connectivity index (χ2n) is 6.74. The fourth-order valence-corrected chi connectivity index (χ4v) is 3.09. The van der Waals surface area contributed by atoms with Crippen LogP contribution in [0.2, 0.25) is 0 Å². The number of anilines is 2. The number of rotatable bonds is 4. The zero-order valence-corrected chi connectivity index (χ0v) is 16.0. The maximum Gasteiger partial charge on any atom is 0.289 e. The molecular formula is C19H20N8O2. The number of fused-ring (bicyclic) bond motifs is 1. The van der Waals surface area contributed by atoms with Crippen molar-refractivity contribution in [2.45, 2.75) is 19.4 Å². The summed E-state index contributed by atoms with van der Waals surface area (Å²) in [4.78, 5) is 38.2. The third-order valence-electron chi connectivity index (χ3n) is 4.62. The molecular weight excluding hydrogens is 372 g/mol. The summed E-state index contributed by atoms with van der Waals surface area (Å²) in [5.74, 6) is 0.993. The Balaban J connectivity index is 1.45. The highest BCUT2D eigenvalue weighted by Crippen LogP contribution is 2.25. The van der Waals surface area contributed by atoms with Crippen LogP contribution in [-0.2, 0) is 11.2 Å². The molecule has 0 saturated carbocycles. The molecule has 10 heteroatoms. The van der Waals surface area contributed by atoms with Crippen LogP contribution in [0.5, 0.6) is 0 Å². The molecule has 1 aliphatic rings. The number of aromatic nitrogens is 5. The van der Waals surface area contributed by atoms with Crippen molar-refractivity contribution >= 4 is 23.3 Å². The smallest absolute Gasteiger partial charge is 0.289 e. The van der Waals surface area contributed by atoms with Gasteiger partial charge in [-0.1, -0.05) is 30.3 Å². The average Bonchev–Trinajstić information content (AvgIpc) is 3.15. The molecule has 3 heterocycles. The Labute approximate surface area is 166 Å². The summed E-state index contributed by atoms with van der Waals surface area (Å²) in [5, 5.41) is 13.7. The monoisotopic (exact) mass is 392 g/mol. The van der Waals surface area contributed by atoms with E-state index in [1.54, 1.807) is 20.2 Å². The van der Waals surface area contributed by atoms with Gasteiger partial charge >= 0.3 is 0 Å². The normalized spacial score (nSPS) is 16.0. The van der Waals surface area contributed by atoms with Crippen molar-refractivity contribution in [3.63, 3.8) is 0 Å². The minimum atomic E-state index is -0.787. The first-order valence-corrected chi connectivity index (χ1v) is 9.12. The summed E-state index contributed by atoms with van der Waals surface area (Å²) in [5.41, 5.74) is 1.61. The first kappa shape index (κ1) is 18.5. The fourth-order valence-electron chi connectivity index (χ4n) is 3.09. The van der Waals surface area contributed by atoms with Gasteiger partial charge in [-0.25, -0.2) is 9.97 Å². The predicted octanol–water partition coefficient (Wildman–Crippen LogP) is 0.681. The predicted molar refractivity (Wildman–Crippen MR) is 106 cm³/mol. The second kappa shape index (κ2) is 7.66. The molecule has 3 aromatic rings. The third-order valence-corrected chi connectivity index (χ3v) is 4.62. The van der Waals surface area contributed by atoms with Crippen LogP contribution < -0.4 is 15.5 Å². The van der Waals surface area contributed by atoms with Crippen LogP contribution in [0.4, 0.5) is 11.5 Å². The van der Waals surface area contributed by atoms with Gasteiger partial charge in [0.1, 0.15) is 23.4 Å². The lowest BCUT2D eigenvalue weighted by atomic mass is 10.1. The van der Waals surface area contributed by atoms with E-state index in [9.17, 15) is 9.59 Å². The minimum Gasteiger partial charge on any atom is -0.366 e. The number of benzene rings is 1. The Morgan fingerprint density at radius 1 is 1.28 bits per heavy atom. The molecule has 29 heavy (non-hydrogen) atoms. The fraction of sp³-hybridized carbons (Fsp3) is 0.263. The summed E-state index contributed by atoms with van der Waals surface area (Å²) >= 11 is 0. The molecule has 1 unspecified atom stereocenters. The Kier molecular flexibility index (Phi) is 4.90. The highest BCUT2D eigenvalue weighted by molar-refractivity contribution is 6.03. The molecule has 148 valence electrons. The van der Waals surface area contributed by atoms with Gasteiger partial charge in [0.25, 0.3) is 11.8 Å². The van der Waals surface area contributed by atoms with Gasteiger partial charge in [-0.3, -0.25) is 9.59 Å². The van der Waals surface area contributed by atoms with Crippen molar-refractivity contribution in [1.82, 2.24) is 30.5 Å². The molecule has 3 N–H and O–H groups in total. The van der Waals surface area contributed by atoms with E-state index in [1.165, 1.54) is 4.90 Å². The van der Waals surface area contributed by atoms with Gasteiger partial charge in [0.15, 0.2) is 5.82 Å². The SMILES string of the molecule is Cc1ncc2c(n1)NCC(NC(=O)c1nnc(Cc3ccccc3)[nH]1)C(=O)N2C. The molecule has 1 aliphatic heterocycles. The first-order valence-electron chi connectivity index (χ1n) is 9.12. The second-order valence-corrected chi connectivity index (χ2v) is 6.74. The van der Waals surface area contributed by atoms with E-state index < -0.39 is 11.9 Å². The van der Waals surface area contributed by atoms with Crippen molar-refractivity contribution in [2.75, 3.05) is 23.8 Å². The van der Waals surface area contributed by atoms with E-state index in [2.05, 4.69) is 35.8 Å². The third kappa shape index (κ3) is 3.91. The Morgan fingerprint density at radius 3 is 2.86 bits per heavy atom. The summed E-state index contributed by atoms with van der Waals surface area (Å²) in [7, 11) is 1.62. The van der Waals surface area contributed by atoms with Gasteiger partial charge in [0.2, 0.25) is 5.82 Å². The number of carbonyl (C=O) groups is 2. The molecule has 0 radical (unpaired) electrons. The van der Waals surface area contributed by atoms with Crippen molar-refractivity contribution < 1.29 is 9.59 Å². The van der Waals surface area contributed by atoms with Gasteiger partial charge in [-0.05, 0) is 12.5 Å². The highest BCUT2D eigenvalue weighted by atomic mass is 16.2. The van der Waals surface area contributed by atoms with E-state index in [1.807, 2.05) is 30.3 Å². The van der Waals surface area contributed by atoms with E-state index in [0.717, 1.165) is 5.56 Å². The van der Waals surface area contributed by atoms with Crippen LogP contribution in [0.15, 0.2) is 36.5 Å². The quantitative estimate of drug-likeness (QED) is 0.595. The molecule has 0 spiro atoms. The van der Waals surface area contributed by atoms with Crippen molar-refractivity contribution in [2.24, 2.45) is 0 Å². The standard InChI is InChI=1S/C19H20N8O2/c1-11-20-10-14-16(22-11)21-9-13(19(29)27(14)2)23-18(28)17-24-15(25-26-17)8-12-6-4-3-5-7-12/h3-7,10,13H,8-9H2,1-2H3,(H,23,28)(H,20,21,22)(H,24,25,26). The summed E-state index contributed by atoms with van der Waals surface area (Å²) in [6, 6.07) is 8.95. The van der Waals surface area contributed by atoms with Crippen LogP contribution >= 0.6 is 0 Å². The van der Waals surface area contributed by atoms with Crippen LogP contribution in [-0.4, -0.2) is 56.6 Å². The van der Waals surface area contributed by atoms with E-state index in [-0.39, 0.29) is 18.3 Å². The van der Waals surface area contributed by atoms with Crippen molar-refractivity contribution in [1.29, 1.82) is 0 Å². The molecule has 0 fully saturated rings. The maximum absolute atomic E-state index is 12.8. The lowest BCUT2D eigenvalue weighted by Crippen LogP contribution is -2.49. The van der Waals surface area contributed by atoms with Gasteiger partial charge < -0.3 is 20.5 Å². The molecule has 0 bridgehead atoms. The number of nitrogens with one attached hydrogen (secondary N) is 3. The van der Waals surface area contributed by atoms with Gasteiger partial charge in [-0.15, -0.1) is 10.2 Å². The molecule has 0 saturated heterocycles. The topological polar surface area (TPSA) is 129 Å². The lowest BCUT2D eigenvalue weighted by Gasteiger charge is -2.20. The number of aryl methyl sites for hydroxylation is 1. The summed E-state index contributed by atoms with van der Waals surface area (Å²) in [6.45, 7) is 1.97. The molecule has 2 amide bonds. The van der Waals surface area contributed by atoms with Crippen molar-refractivity contribution in [3.05, 3.63) is 59.6 Å². The van der Waals surface area contributed by atoms with E-state index in [0.29, 0.717) is 29.6 Å². The lowest BCUT2D eigenvalue weighted by molar-refractivity contribution is -0.119. The summed E-state index contributed by atoms with van der Waals surface area (Å²) < 4.78 is 0. The summed E-state index contributed by atoms with van der Waals surface area (Å²) in [6.07, 6.45) is 2.11. The Bertz CT molecular complexity index is 1050. The number of hydrogen-bond acceptors (Lipinski definition) is 7. The van der Waals surface area contributed by atoms with E-state index >= 15 is 0 Å². The van der Waals surface area contributed by atoms with Crippen LogP contribution in [0.1, 0.15) is 27.8 Å². The number of carbonyl (C=O) groups excluding carboxylic acids is 2. The molecule has 1 atom stereocenters. The average molecular weight is 392 g/mol. The van der Waals surface area contributed by atoms with Gasteiger partial charge in [0.05, 0.1) is 6.20 Å². The van der Waals surface area contributed by atoms with Gasteiger partial charge in [0, 0.05) is 20.0 Å². The largest absolute Gasteiger partial charge is 0.366 e. The maximum atomic E-state index is 12.8. The molecule has 1 aromatic carbocycles. The molecule has 2 aromatic heterocycles. The van der Waals surface area contributed by atoms with E-state index in [4.69, 9.17) is 0 Å². The number of nitrogens with zero attached hydrogens (tertiary/aromatic N) is 5. The zero-order valence-electron chi connectivity index (χ0n) is 16.0. The number of amides is 2. The number of hydrogen-bond donors (Lipinski definition) is 3. The van der Waals surface area contributed by atoms with Crippen LogP contribution in [0, 0.1) is 6.92 Å². The molecule has 4 rings (SSSR count). The number of aromatic amines is 1. The highest BCUT2D eigenvalue weighted by Gasteiger charge is 2.31. The Morgan fingerprint density at radius 2 is 2.07 bits per heavy atom. The van der Waals surface area contributed by atoms with Crippen molar-refractivity contribution in [3.8, 4) is 0 Å². The number of likely N-dealkylation sites (N-methyl/N-ethyl adjacent to an activating group) is 1. The van der Waals surface area contributed by atoms with Gasteiger partial charge in [-0.2, -0.15) is 0 Å². The van der Waals surface area contributed by atoms with Crippen LogP contribution in [0.3, 0.4) is 0 Å². The zero-order chi connectivity index (χ0) is 20.4. The molecule has 10 nitrogen and oxygen atoms in total. The number of H-pyrrole nitrogens is 1.